The topological polar surface area (TPSA) is 41.6 Å². The first-order valence-electron chi connectivity index (χ1n) is 8.54. The van der Waals surface area contributed by atoms with Gasteiger partial charge in [0.2, 0.25) is 0 Å². The van der Waals surface area contributed by atoms with Crippen molar-refractivity contribution in [2.24, 2.45) is 0 Å². The van der Waals surface area contributed by atoms with Gasteiger partial charge >= 0.3 is 0 Å². The van der Waals surface area contributed by atoms with Crippen molar-refractivity contribution >= 4 is 67.7 Å². The van der Waals surface area contributed by atoms with Gasteiger partial charge in [0.05, 0.1) is 21.3 Å². The van der Waals surface area contributed by atoms with Crippen molar-refractivity contribution in [3.05, 3.63) is 47.5 Å². The van der Waals surface area contributed by atoms with Gasteiger partial charge in [0, 0.05) is 16.5 Å². The summed E-state index contributed by atoms with van der Waals surface area (Å²) in [7, 11) is 0. The Labute approximate surface area is 170 Å². The van der Waals surface area contributed by atoms with Crippen molar-refractivity contribution in [2.45, 2.75) is 28.8 Å². The number of para-hydroxylation sites is 2. The molecule has 0 spiro atoms. The lowest BCUT2D eigenvalue weighted by Gasteiger charge is -1.99. The SMILES string of the molecule is Clc1ccc2sc(SCCCCCSc3nc4ccccc4[nH]3)nc2c1. The number of imidazole rings is 1. The Hall–Kier alpha value is -1.21. The van der Waals surface area contributed by atoms with E-state index < -0.39 is 0 Å². The number of rotatable bonds is 8. The van der Waals surface area contributed by atoms with E-state index in [1.165, 1.54) is 24.0 Å². The van der Waals surface area contributed by atoms with Crippen LogP contribution in [0.2, 0.25) is 5.02 Å². The van der Waals surface area contributed by atoms with Crippen molar-refractivity contribution in [1.29, 1.82) is 0 Å². The second-order valence-corrected chi connectivity index (χ2v) is 9.80. The van der Waals surface area contributed by atoms with E-state index in [4.69, 9.17) is 11.6 Å². The molecule has 1 N–H and O–H groups in total. The minimum Gasteiger partial charge on any atom is -0.333 e. The number of H-pyrrole nitrogens is 1. The number of nitrogens with zero attached hydrogens (tertiary/aromatic N) is 2. The Balaban J connectivity index is 1.16. The first-order valence-corrected chi connectivity index (χ1v) is 11.7. The van der Waals surface area contributed by atoms with E-state index in [0.717, 1.165) is 42.6 Å². The summed E-state index contributed by atoms with van der Waals surface area (Å²) in [6.45, 7) is 0. The van der Waals surface area contributed by atoms with Gasteiger partial charge in [-0.2, -0.15) is 0 Å². The molecule has 4 aromatic rings. The largest absolute Gasteiger partial charge is 0.333 e. The summed E-state index contributed by atoms with van der Waals surface area (Å²) in [4.78, 5) is 12.6. The molecule has 0 atom stereocenters. The summed E-state index contributed by atoms with van der Waals surface area (Å²) in [6.07, 6.45) is 3.65. The highest BCUT2D eigenvalue weighted by Gasteiger charge is 2.05. The molecule has 0 aliphatic carbocycles. The average molecular weight is 420 g/mol. The van der Waals surface area contributed by atoms with Gasteiger partial charge in [-0.05, 0) is 43.2 Å². The zero-order valence-electron chi connectivity index (χ0n) is 14.1. The van der Waals surface area contributed by atoms with Crippen molar-refractivity contribution in [2.75, 3.05) is 11.5 Å². The van der Waals surface area contributed by atoms with Gasteiger partial charge in [-0.15, -0.1) is 11.3 Å². The van der Waals surface area contributed by atoms with Crippen molar-refractivity contribution in [3.8, 4) is 0 Å². The van der Waals surface area contributed by atoms with Crippen LogP contribution in [0.1, 0.15) is 19.3 Å². The first-order chi connectivity index (χ1) is 12.8. The van der Waals surface area contributed by atoms with E-state index in [0.29, 0.717) is 0 Å². The molecule has 2 aromatic carbocycles. The summed E-state index contributed by atoms with van der Waals surface area (Å²) in [6, 6.07) is 14.1. The van der Waals surface area contributed by atoms with Crippen LogP contribution in [-0.2, 0) is 0 Å². The summed E-state index contributed by atoms with van der Waals surface area (Å²) < 4.78 is 2.35. The van der Waals surface area contributed by atoms with Crippen LogP contribution in [-0.4, -0.2) is 26.5 Å². The van der Waals surface area contributed by atoms with E-state index in [-0.39, 0.29) is 0 Å². The predicted octanol–water partition coefficient (Wildman–Crippen LogP) is 6.88. The second kappa shape index (κ2) is 8.65. The summed E-state index contributed by atoms with van der Waals surface area (Å²) in [5.41, 5.74) is 3.17. The fourth-order valence-corrected chi connectivity index (χ4v) is 5.82. The number of aromatic nitrogens is 3. The summed E-state index contributed by atoms with van der Waals surface area (Å²) in [5.74, 6) is 2.22. The maximum atomic E-state index is 6.02. The minimum absolute atomic E-state index is 0.751. The third-order valence-electron chi connectivity index (χ3n) is 3.95. The Morgan fingerprint density at radius 3 is 2.65 bits per heavy atom. The number of hydrogen-bond acceptors (Lipinski definition) is 5. The van der Waals surface area contributed by atoms with E-state index in [2.05, 4.69) is 27.1 Å². The third-order valence-corrected chi connectivity index (χ3v) is 7.41. The van der Waals surface area contributed by atoms with Crippen LogP contribution in [0.4, 0.5) is 0 Å². The van der Waals surface area contributed by atoms with Gasteiger partial charge in [-0.1, -0.05) is 53.7 Å². The number of nitrogens with one attached hydrogen (secondary N) is 1. The predicted molar refractivity (Wildman–Crippen MR) is 116 cm³/mol. The monoisotopic (exact) mass is 419 g/mol. The molecule has 3 nitrogen and oxygen atoms in total. The Kier molecular flexibility index (Phi) is 6.05. The number of fused-ring (bicyclic) bond motifs is 2. The van der Waals surface area contributed by atoms with E-state index in [1.807, 2.05) is 53.9 Å². The molecule has 0 bridgehead atoms. The van der Waals surface area contributed by atoms with Gasteiger partial charge in [-0.3, -0.25) is 0 Å². The number of benzene rings is 2. The molecule has 0 aliphatic rings. The number of hydrogen-bond donors (Lipinski definition) is 1. The fraction of sp³-hybridized carbons (Fsp3) is 0.263. The molecular weight excluding hydrogens is 402 g/mol. The first kappa shape index (κ1) is 18.2. The number of unbranched alkanes of at least 4 members (excludes halogenated alkanes) is 2. The normalized spacial score (nSPS) is 11.6. The van der Waals surface area contributed by atoms with Crippen molar-refractivity contribution in [3.63, 3.8) is 0 Å². The van der Waals surface area contributed by atoms with Crippen LogP contribution >= 0.6 is 46.5 Å². The highest BCUT2D eigenvalue weighted by Crippen LogP contribution is 2.31. The van der Waals surface area contributed by atoms with Gasteiger partial charge < -0.3 is 4.98 Å². The van der Waals surface area contributed by atoms with Crippen LogP contribution < -0.4 is 0 Å². The molecule has 0 amide bonds. The number of thiazole rings is 1. The molecule has 0 saturated heterocycles. The van der Waals surface area contributed by atoms with Gasteiger partial charge in [0.1, 0.15) is 0 Å². The quantitative estimate of drug-likeness (QED) is 0.249. The number of aromatic amines is 1. The molecule has 7 heteroatoms. The molecule has 4 rings (SSSR count). The van der Waals surface area contributed by atoms with Crippen LogP contribution in [0.3, 0.4) is 0 Å². The Bertz CT molecular complexity index is 979. The minimum atomic E-state index is 0.751. The highest BCUT2D eigenvalue weighted by molar-refractivity contribution is 8.01. The lowest BCUT2D eigenvalue weighted by Crippen LogP contribution is -1.85. The molecule has 134 valence electrons. The van der Waals surface area contributed by atoms with Gasteiger partial charge in [0.15, 0.2) is 9.50 Å². The van der Waals surface area contributed by atoms with Gasteiger partial charge in [0.25, 0.3) is 0 Å². The average Bonchev–Trinajstić information content (AvgIpc) is 3.23. The van der Waals surface area contributed by atoms with Crippen LogP contribution in [0, 0.1) is 0 Å². The van der Waals surface area contributed by atoms with Crippen molar-refractivity contribution in [1.82, 2.24) is 15.0 Å². The highest BCUT2D eigenvalue weighted by atomic mass is 35.5. The summed E-state index contributed by atoms with van der Waals surface area (Å²) in [5, 5.41) is 1.77. The molecular formula is C19H18ClN3S3. The molecule has 2 heterocycles. The Morgan fingerprint density at radius 1 is 0.923 bits per heavy atom. The van der Waals surface area contributed by atoms with E-state index in [9.17, 15) is 0 Å². The smallest absolute Gasteiger partial charge is 0.166 e. The van der Waals surface area contributed by atoms with E-state index in [1.54, 1.807) is 11.3 Å². The number of halogens is 1. The third kappa shape index (κ3) is 4.55. The van der Waals surface area contributed by atoms with Crippen LogP contribution in [0.15, 0.2) is 52.0 Å². The zero-order valence-corrected chi connectivity index (χ0v) is 17.3. The lowest BCUT2D eigenvalue weighted by atomic mass is 10.3. The maximum Gasteiger partial charge on any atom is 0.166 e. The number of thioether (sulfide) groups is 2. The van der Waals surface area contributed by atoms with Crippen LogP contribution in [0.25, 0.3) is 21.3 Å². The maximum absolute atomic E-state index is 6.02. The van der Waals surface area contributed by atoms with Crippen LogP contribution in [0.5, 0.6) is 0 Å². The molecule has 2 aromatic heterocycles. The zero-order chi connectivity index (χ0) is 17.8. The van der Waals surface area contributed by atoms with Gasteiger partial charge in [-0.25, -0.2) is 9.97 Å². The second-order valence-electron chi connectivity index (χ2n) is 5.91. The molecule has 0 fully saturated rings. The molecule has 0 saturated carbocycles. The molecule has 26 heavy (non-hydrogen) atoms. The summed E-state index contributed by atoms with van der Waals surface area (Å²) >= 11 is 11.4. The van der Waals surface area contributed by atoms with E-state index >= 15 is 0 Å². The fourth-order valence-electron chi connectivity index (χ4n) is 2.65. The molecule has 0 radical (unpaired) electrons. The Morgan fingerprint density at radius 2 is 1.77 bits per heavy atom. The lowest BCUT2D eigenvalue weighted by molar-refractivity contribution is 0.784. The molecule has 0 unspecified atom stereocenters. The van der Waals surface area contributed by atoms with Crippen molar-refractivity contribution < 1.29 is 0 Å². The standard InChI is InChI=1S/C19H18ClN3S3/c20-13-8-9-17-16(12-13)23-19(26-17)25-11-5-1-4-10-24-18-21-14-6-2-3-7-15(14)22-18/h2-3,6-9,12H,1,4-5,10-11H2,(H,21,22). The molecule has 0 aliphatic heterocycles.